The number of H-pyrrole nitrogens is 1. The van der Waals surface area contributed by atoms with E-state index in [9.17, 15) is 9.59 Å². The molecule has 0 saturated carbocycles. The summed E-state index contributed by atoms with van der Waals surface area (Å²) in [5.74, 6) is -0.530. The SMILES string of the molecule is CCOC(=O)CCNC(=O)c1ccc(C=Cc2n[nH]c3ccccc23)cc1. The second kappa shape index (κ2) is 8.80. The number of fused-ring (bicyclic) bond motifs is 1. The molecule has 0 atom stereocenters. The van der Waals surface area contributed by atoms with Gasteiger partial charge in [0.15, 0.2) is 0 Å². The number of aromatic nitrogens is 2. The Morgan fingerprint density at radius 1 is 1.11 bits per heavy atom. The maximum Gasteiger partial charge on any atom is 0.307 e. The van der Waals surface area contributed by atoms with Crippen molar-refractivity contribution >= 4 is 34.9 Å². The van der Waals surface area contributed by atoms with E-state index in [1.807, 2.05) is 48.6 Å². The number of nitrogens with one attached hydrogen (secondary N) is 2. The van der Waals surface area contributed by atoms with Crippen LogP contribution in [0.4, 0.5) is 0 Å². The summed E-state index contributed by atoms with van der Waals surface area (Å²) in [6.45, 7) is 2.35. The highest BCUT2D eigenvalue weighted by atomic mass is 16.5. The molecule has 0 aliphatic rings. The van der Waals surface area contributed by atoms with Crippen LogP contribution < -0.4 is 5.32 Å². The fourth-order valence-electron chi connectivity index (χ4n) is 2.65. The van der Waals surface area contributed by atoms with Gasteiger partial charge in [0.25, 0.3) is 5.91 Å². The zero-order chi connectivity index (χ0) is 19.1. The second-order valence-corrected chi connectivity index (χ2v) is 5.92. The predicted molar refractivity (Wildman–Crippen MR) is 105 cm³/mol. The van der Waals surface area contributed by atoms with Gasteiger partial charge in [-0.1, -0.05) is 36.4 Å². The lowest BCUT2D eigenvalue weighted by atomic mass is 10.1. The first-order valence-electron chi connectivity index (χ1n) is 8.82. The first kappa shape index (κ1) is 18.4. The molecule has 0 unspecified atom stereocenters. The summed E-state index contributed by atoms with van der Waals surface area (Å²) in [5.41, 5.74) is 3.37. The molecule has 0 radical (unpaired) electrons. The lowest BCUT2D eigenvalue weighted by Gasteiger charge is -2.05. The Morgan fingerprint density at radius 3 is 2.67 bits per heavy atom. The Bertz CT molecular complexity index is 958. The Morgan fingerprint density at radius 2 is 1.89 bits per heavy atom. The molecule has 6 heteroatoms. The number of ether oxygens (including phenoxy) is 1. The van der Waals surface area contributed by atoms with Crippen molar-refractivity contribution in [1.29, 1.82) is 0 Å². The number of carbonyl (C=O) groups is 2. The predicted octanol–water partition coefficient (Wildman–Crippen LogP) is 3.42. The molecule has 2 N–H and O–H groups in total. The molecule has 3 rings (SSSR count). The first-order chi connectivity index (χ1) is 13.2. The summed E-state index contributed by atoms with van der Waals surface area (Å²) >= 11 is 0. The maximum absolute atomic E-state index is 12.1. The number of rotatable bonds is 7. The summed E-state index contributed by atoms with van der Waals surface area (Å²) in [6, 6.07) is 15.2. The van der Waals surface area contributed by atoms with Crippen LogP contribution in [0.2, 0.25) is 0 Å². The maximum atomic E-state index is 12.1. The molecule has 1 aromatic heterocycles. The summed E-state index contributed by atoms with van der Waals surface area (Å²) in [7, 11) is 0. The Labute approximate surface area is 157 Å². The van der Waals surface area contributed by atoms with Crippen LogP contribution in [0.5, 0.6) is 0 Å². The molecule has 0 aliphatic heterocycles. The van der Waals surface area contributed by atoms with E-state index >= 15 is 0 Å². The zero-order valence-corrected chi connectivity index (χ0v) is 15.1. The molecule has 27 heavy (non-hydrogen) atoms. The van der Waals surface area contributed by atoms with Crippen molar-refractivity contribution < 1.29 is 14.3 Å². The van der Waals surface area contributed by atoms with Crippen molar-refractivity contribution in [2.45, 2.75) is 13.3 Å². The lowest BCUT2D eigenvalue weighted by molar-refractivity contribution is -0.142. The van der Waals surface area contributed by atoms with Gasteiger partial charge in [0.2, 0.25) is 0 Å². The average Bonchev–Trinajstić information content (AvgIpc) is 3.10. The lowest BCUT2D eigenvalue weighted by Crippen LogP contribution is -2.26. The van der Waals surface area contributed by atoms with Crippen LogP contribution in [-0.4, -0.2) is 35.2 Å². The molecule has 2 aromatic carbocycles. The van der Waals surface area contributed by atoms with Gasteiger partial charge in [-0.3, -0.25) is 14.7 Å². The number of benzene rings is 2. The van der Waals surface area contributed by atoms with Gasteiger partial charge in [0.1, 0.15) is 0 Å². The highest BCUT2D eigenvalue weighted by molar-refractivity contribution is 5.95. The smallest absolute Gasteiger partial charge is 0.307 e. The minimum absolute atomic E-state index is 0.165. The van der Waals surface area contributed by atoms with Gasteiger partial charge in [-0.2, -0.15) is 5.10 Å². The van der Waals surface area contributed by atoms with Gasteiger partial charge in [0.05, 0.1) is 24.2 Å². The van der Waals surface area contributed by atoms with E-state index in [2.05, 4.69) is 15.5 Å². The van der Waals surface area contributed by atoms with Crippen LogP contribution >= 0.6 is 0 Å². The normalized spacial score (nSPS) is 11.0. The number of para-hydroxylation sites is 1. The number of carbonyl (C=O) groups excluding carboxylic acids is 2. The first-order valence-corrected chi connectivity index (χ1v) is 8.82. The van der Waals surface area contributed by atoms with Gasteiger partial charge < -0.3 is 10.1 Å². The third-order valence-electron chi connectivity index (χ3n) is 4.03. The van der Waals surface area contributed by atoms with Gasteiger partial charge in [-0.05, 0) is 36.8 Å². The Balaban J connectivity index is 1.58. The van der Waals surface area contributed by atoms with Crippen LogP contribution in [0, 0.1) is 0 Å². The standard InChI is InChI=1S/C21H21N3O3/c1-2-27-20(25)13-14-22-21(26)16-10-7-15(8-11-16)9-12-19-17-5-3-4-6-18(17)23-24-19/h3-12H,2,13-14H2,1H3,(H,22,26)(H,23,24). The minimum Gasteiger partial charge on any atom is -0.466 e. The third-order valence-corrected chi connectivity index (χ3v) is 4.03. The van der Waals surface area contributed by atoms with E-state index < -0.39 is 0 Å². The quantitative estimate of drug-likeness (QED) is 0.630. The fourth-order valence-corrected chi connectivity index (χ4v) is 2.65. The summed E-state index contributed by atoms with van der Waals surface area (Å²) in [4.78, 5) is 23.4. The van der Waals surface area contributed by atoms with E-state index in [-0.39, 0.29) is 24.8 Å². The van der Waals surface area contributed by atoms with Crippen LogP contribution in [0.15, 0.2) is 48.5 Å². The third kappa shape index (κ3) is 4.82. The molecular formula is C21H21N3O3. The molecule has 0 bridgehead atoms. The summed E-state index contributed by atoms with van der Waals surface area (Å²) < 4.78 is 4.82. The fraction of sp³-hybridized carbons (Fsp3) is 0.190. The molecule has 0 spiro atoms. The molecule has 0 fully saturated rings. The minimum atomic E-state index is -0.316. The molecule has 0 saturated heterocycles. The van der Waals surface area contributed by atoms with Gasteiger partial charge in [0, 0.05) is 17.5 Å². The van der Waals surface area contributed by atoms with Crippen LogP contribution in [0.25, 0.3) is 23.1 Å². The number of hydrogen-bond donors (Lipinski definition) is 2. The highest BCUT2D eigenvalue weighted by Gasteiger charge is 2.07. The van der Waals surface area contributed by atoms with E-state index in [1.54, 1.807) is 19.1 Å². The number of esters is 1. The molecule has 3 aromatic rings. The van der Waals surface area contributed by atoms with Gasteiger partial charge >= 0.3 is 5.97 Å². The van der Waals surface area contributed by atoms with Crippen molar-refractivity contribution in [3.05, 3.63) is 65.4 Å². The van der Waals surface area contributed by atoms with Crippen LogP contribution in [0.1, 0.15) is 35.0 Å². The van der Waals surface area contributed by atoms with Crippen molar-refractivity contribution in [3.63, 3.8) is 0 Å². The second-order valence-electron chi connectivity index (χ2n) is 5.92. The molecular weight excluding hydrogens is 342 g/mol. The molecule has 1 amide bonds. The van der Waals surface area contributed by atoms with Crippen LogP contribution in [0.3, 0.4) is 0 Å². The molecule has 0 aliphatic carbocycles. The van der Waals surface area contributed by atoms with E-state index in [0.29, 0.717) is 12.2 Å². The topological polar surface area (TPSA) is 84.1 Å². The van der Waals surface area contributed by atoms with Crippen molar-refractivity contribution in [1.82, 2.24) is 15.5 Å². The zero-order valence-electron chi connectivity index (χ0n) is 15.1. The van der Waals surface area contributed by atoms with E-state index in [0.717, 1.165) is 22.2 Å². The number of aromatic amines is 1. The highest BCUT2D eigenvalue weighted by Crippen LogP contribution is 2.17. The Hall–Kier alpha value is -3.41. The van der Waals surface area contributed by atoms with Gasteiger partial charge in [-0.25, -0.2) is 0 Å². The summed E-state index contributed by atoms with van der Waals surface area (Å²) in [6.07, 6.45) is 4.05. The van der Waals surface area contributed by atoms with Crippen molar-refractivity contribution in [2.24, 2.45) is 0 Å². The van der Waals surface area contributed by atoms with Crippen LogP contribution in [-0.2, 0) is 9.53 Å². The number of hydrogen-bond acceptors (Lipinski definition) is 4. The molecule has 138 valence electrons. The van der Waals surface area contributed by atoms with Crippen molar-refractivity contribution in [2.75, 3.05) is 13.2 Å². The number of nitrogens with zero attached hydrogens (tertiary/aromatic N) is 1. The largest absolute Gasteiger partial charge is 0.466 e. The monoisotopic (exact) mass is 363 g/mol. The summed E-state index contributed by atoms with van der Waals surface area (Å²) in [5, 5.41) is 11.1. The van der Waals surface area contributed by atoms with E-state index in [1.165, 1.54) is 0 Å². The Kier molecular flexibility index (Phi) is 5.99. The average molecular weight is 363 g/mol. The molecule has 1 heterocycles. The van der Waals surface area contributed by atoms with Crippen molar-refractivity contribution in [3.8, 4) is 0 Å². The number of amides is 1. The molecule has 6 nitrogen and oxygen atoms in total. The van der Waals surface area contributed by atoms with E-state index in [4.69, 9.17) is 4.74 Å². The van der Waals surface area contributed by atoms with Gasteiger partial charge in [-0.15, -0.1) is 0 Å².